The van der Waals surface area contributed by atoms with Gasteiger partial charge in [0.25, 0.3) is 0 Å². The SMILES string of the molecule is COC(=O)CC1CNCCCN1C1CCCCCC1. The number of esters is 1. The van der Waals surface area contributed by atoms with E-state index in [9.17, 15) is 4.79 Å². The fraction of sp³-hybridized carbons (Fsp3) is 0.933. The molecule has 4 nitrogen and oxygen atoms in total. The van der Waals surface area contributed by atoms with E-state index in [4.69, 9.17) is 4.74 Å². The molecule has 0 radical (unpaired) electrons. The minimum atomic E-state index is -0.0766. The maximum absolute atomic E-state index is 11.6. The fourth-order valence-electron chi connectivity index (χ4n) is 3.49. The van der Waals surface area contributed by atoms with E-state index < -0.39 is 0 Å². The summed E-state index contributed by atoms with van der Waals surface area (Å²) in [5.74, 6) is -0.0766. The quantitative estimate of drug-likeness (QED) is 0.627. The molecule has 1 saturated heterocycles. The first-order valence-electron chi connectivity index (χ1n) is 7.84. The summed E-state index contributed by atoms with van der Waals surface area (Å²) in [6.45, 7) is 3.12. The van der Waals surface area contributed by atoms with Gasteiger partial charge in [0.1, 0.15) is 0 Å². The van der Waals surface area contributed by atoms with Gasteiger partial charge in [-0.15, -0.1) is 0 Å². The standard InChI is InChI=1S/C15H28N2O2/c1-19-15(18)11-14-12-16-9-6-10-17(14)13-7-4-2-3-5-8-13/h13-14,16H,2-12H2,1H3. The lowest BCUT2D eigenvalue weighted by atomic mass is 10.0. The van der Waals surface area contributed by atoms with Gasteiger partial charge in [-0.05, 0) is 32.4 Å². The summed E-state index contributed by atoms with van der Waals surface area (Å²) in [4.78, 5) is 14.2. The van der Waals surface area contributed by atoms with E-state index >= 15 is 0 Å². The number of hydrogen-bond donors (Lipinski definition) is 1. The predicted octanol–water partition coefficient (Wildman–Crippen LogP) is 1.94. The molecule has 19 heavy (non-hydrogen) atoms. The number of carbonyl (C=O) groups is 1. The van der Waals surface area contributed by atoms with Crippen molar-refractivity contribution in [3.63, 3.8) is 0 Å². The van der Waals surface area contributed by atoms with Crippen molar-refractivity contribution >= 4 is 5.97 Å². The van der Waals surface area contributed by atoms with Gasteiger partial charge in [-0.25, -0.2) is 0 Å². The first-order valence-corrected chi connectivity index (χ1v) is 7.84. The van der Waals surface area contributed by atoms with Crippen LogP contribution in [0, 0.1) is 0 Å². The molecule has 1 heterocycles. The molecule has 110 valence electrons. The van der Waals surface area contributed by atoms with Crippen LogP contribution in [0.1, 0.15) is 51.4 Å². The topological polar surface area (TPSA) is 41.6 Å². The summed E-state index contributed by atoms with van der Waals surface area (Å²) in [7, 11) is 1.49. The Kier molecular flexibility index (Phi) is 6.11. The molecular weight excluding hydrogens is 240 g/mol. The lowest BCUT2D eigenvalue weighted by molar-refractivity contribution is -0.142. The van der Waals surface area contributed by atoms with E-state index in [1.807, 2.05) is 0 Å². The van der Waals surface area contributed by atoms with E-state index in [2.05, 4.69) is 10.2 Å². The Morgan fingerprint density at radius 3 is 2.63 bits per heavy atom. The van der Waals surface area contributed by atoms with E-state index in [1.54, 1.807) is 0 Å². The van der Waals surface area contributed by atoms with Crippen molar-refractivity contribution in [2.24, 2.45) is 0 Å². The molecular formula is C15H28N2O2. The number of rotatable bonds is 3. The highest BCUT2D eigenvalue weighted by molar-refractivity contribution is 5.69. The molecule has 1 atom stereocenters. The highest BCUT2D eigenvalue weighted by Crippen LogP contribution is 2.25. The number of ether oxygens (including phenoxy) is 1. The van der Waals surface area contributed by atoms with Crippen molar-refractivity contribution in [3.05, 3.63) is 0 Å². The van der Waals surface area contributed by atoms with Crippen molar-refractivity contribution in [3.8, 4) is 0 Å². The Morgan fingerprint density at radius 2 is 1.95 bits per heavy atom. The van der Waals surface area contributed by atoms with Crippen molar-refractivity contribution < 1.29 is 9.53 Å². The summed E-state index contributed by atoms with van der Waals surface area (Å²) >= 11 is 0. The van der Waals surface area contributed by atoms with Crippen LogP contribution in [-0.2, 0) is 9.53 Å². The lowest BCUT2D eigenvalue weighted by Gasteiger charge is -2.36. The Hall–Kier alpha value is -0.610. The number of methoxy groups -OCH3 is 1. The maximum Gasteiger partial charge on any atom is 0.307 e. The Bertz CT molecular complexity index is 275. The normalized spacial score (nSPS) is 27.5. The van der Waals surface area contributed by atoms with E-state index in [0.29, 0.717) is 18.5 Å². The zero-order valence-corrected chi connectivity index (χ0v) is 12.2. The minimum absolute atomic E-state index is 0.0766. The van der Waals surface area contributed by atoms with Crippen LogP contribution in [0.4, 0.5) is 0 Å². The van der Waals surface area contributed by atoms with Crippen molar-refractivity contribution in [2.75, 3.05) is 26.7 Å². The van der Waals surface area contributed by atoms with Gasteiger partial charge >= 0.3 is 5.97 Å². The van der Waals surface area contributed by atoms with E-state index in [1.165, 1.54) is 52.1 Å². The van der Waals surface area contributed by atoms with Crippen LogP contribution in [0.3, 0.4) is 0 Å². The molecule has 2 aliphatic rings. The third kappa shape index (κ3) is 4.46. The number of nitrogens with one attached hydrogen (secondary N) is 1. The highest BCUT2D eigenvalue weighted by atomic mass is 16.5. The number of nitrogens with zero attached hydrogens (tertiary/aromatic N) is 1. The molecule has 1 aliphatic heterocycles. The van der Waals surface area contributed by atoms with Crippen LogP contribution in [0.25, 0.3) is 0 Å². The van der Waals surface area contributed by atoms with Crippen LogP contribution < -0.4 is 5.32 Å². The van der Waals surface area contributed by atoms with Crippen LogP contribution in [0.2, 0.25) is 0 Å². The Morgan fingerprint density at radius 1 is 1.21 bits per heavy atom. The molecule has 2 fully saturated rings. The predicted molar refractivity (Wildman–Crippen MR) is 76.1 cm³/mol. The van der Waals surface area contributed by atoms with Gasteiger partial charge in [0.2, 0.25) is 0 Å². The molecule has 0 spiro atoms. The van der Waals surface area contributed by atoms with Gasteiger partial charge < -0.3 is 10.1 Å². The van der Waals surface area contributed by atoms with E-state index in [0.717, 1.165) is 19.6 Å². The van der Waals surface area contributed by atoms with Gasteiger partial charge in [-0.2, -0.15) is 0 Å². The highest BCUT2D eigenvalue weighted by Gasteiger charge is 2.29. The third-order valence-electron chi connectivity index (χ3n) is 4.54. The summed E-state index contributed by atoms with van der Waals surface area (Å²) in [5, 5.41) is 3.46. The summed E-state index contributed by atoms with van der Waals surface area (Å²) in [6, 6.07) is 0.995. The van der Waals surface area contributed by atoms with Gasteiger partial charge in [-0.3, -0.25) is 9.69 Å². The number of hydrogen-bond acceptors (Lipinski definition) is 4. The van der Waals surface area contributed by atoms with Crippen molar-refractivity contribution in [1.29, 1.82) is 0 Å². The second-order valence-electron chi connectivity index (χ2n) is 5.87. The van der Waals surface area contributed by atoms with Gasteiger partial charge in [0.05, 0.1) is 13.5 Å². The van der Waals surface area contributed by atoms with Gasteiger partial charge in [0.15, 0.2) is 0 Å². The second-order valence-corrected chi connectivity index (χ2v) is 5.87. The summed E-state index contributed by atoms with van der Waals surface area (Å²) in [5.41, 5.74) is 0. The molecule has 0 aromatic carbocycles. The molecule has 2 rings (SSSR count). The van der Waals surface area contributed by atoms with Crippen molar-refractivity contribution in [2.45, 2.75) is 63.5 Å². The third-order valence-corrected chi connectivity index (χ3v) is 4.54. The Balaban J connectivity index is 2.00. The average molecular weight is 268 g/mol. The first-order chi connectivity index (χ1) is 9.31. The molecule has 1 saturated carbocycles. The van der Waals surface area contributed by atoms with Gasteiger partial charge in [0, 0.05) is 18.6 Å². The van der Waals surface area contributed by atoms with Crippen molar-refractivity contribution in [1.82, 2.24) is 10.2 Å². The molecule has 4 heteroatoms. The lowest BCUT2D eigenvalue weighted by Crippen LogP contribution is -2.47. The molecule has 1 N–H and O–H groups in total. The monoisotopic (exact) mass is 268 g/mol. The molecule has 0 bridgehead atoms. The van der Waals surface area contributed by atoms with Crippen LogP contribution in [0.15, 0.2) is 0 Å². The number of carbonyl (C=O) groups excluding carboxylic acids is 1. The maximum atomic E-state index is 11.6. The Labute approximate surface area is 116 Å². The average Bonchev–Trinajstić information content (AvgIpc) is 2.80. The fourth-order valence-corrected chi connectivity index (χ4v) is 3.49. The zero-order chi connectivity index (χ0) is 13.5. The van der Waals surface area contributed by atoms with Crippen LogP contribution in [-0.4, -0.2) is 49.7 Å². The van der Waals surface area contributed by atoms with Crippen LogP contribution in [0.5, 0.6) is 0 Å². The first kappa shape index (κ1) is 14.8. The van der Waals surface area contributed by atoms with Gasteiger partial charge in [-0.1, -0.05) is 25.7 Å². The van der Waals surface area contributed by atoms with Crippen LogP contribution >= 0.6 is 0 Å². The molecule has 1 unspecified atom stereocenters. The smallest absolute Gasteiger partial charge is 0.307 e. The largest absolute Gasteiger partial charge is 0.469 e. The molecule has 0 aromatic rings. The second kappa shape index (κ2) is 7.85. The van der Waals surface area contributed by atoms with E-state index in [-0.39, 0.29) is 5.97 Å². The minimum Gasteiger partial charge on any atom is -0.469 e. The zero-order valence-electron chi connectivity index (χ0n) is 12.2. The summed E-state index contributed by atoms with van der Waals surface area (Å²) in [6.07, 6.45) is 9.77. The summed E-state index contributed by atoms with van der Waals surface area (Å²) < 4.78 is 4.86. The molecule has 0 amide bonds. The molecule has 0 aromatic heterocycles. The molecule has 1 aliphatic carbocycles.